The number of rotatable bonds is 7. The molecule has 0 saturated carbocycles. The normalized spacial score (nSPS) is 13.8. The summed E-state index contributed by atoms with van der Waals surface area (Å²) in [5.41, 5.74) is 5.68. The van der Waals surface area contributed by atoms with Gasteiger partial charge in [-0.25, -0.2) is 4.98 Å². The third kappa shape index (κ3) is 5.55. The molecule has 0 atom stereocenters. The van der Waals surface area contributed by atoms with Gasteiger partial charge in [0.2, 0.25) is 5.95 Å². The Morgan fingerprint density at radius 1 is 1.00 bits per heavy atom. The molecule has 42 heavy (non-hydrogen) atoms. The number of carbonyl (C=O) groups excluding carboxylic acids is 1. The molecule has 1 aliphatic rings. The van der Waals surface area contributed by atoms with E-state index < -0.39 is 0 Å². The van der Waals surface area contributed by atoms with E-state index in [1.165, 1.54) is 10.1 Å². The first-order valence-electron chi connectivity index (χ1n) is 14.2. The van der Waals surface area contributed by atoms with E-state index in [1.54, 1.807) is 37.6 Å². The van der Waals surface area contributed by atoms with E-state index in [2.05, 4.69) is 37.7 Å². The second-order valence-corrected chi connectivity index (χ2v) is 11.0. The lowest BCUT2D eigenvalue weighted by molar-refractivity contribution is 0.0983. The zero-order valence-electron chi connectivity index (χ0n) is 23.5. The molecule has 0 aliphatic carbocycles. The first kappa shape index (κ1) is 27.8. The highest BCUT2D eigenvalue weighted by Gasteiger charge is 2.17. The van der Waals surface area contributed by atoms with Gasteiger partial charge in [0, 0.05) is 53.1 Å². The number of anilines is 2. The number of hydrogen-bond donors (Lipinski definition) is 2. The molecule has 1 aliphatic heterocycles. The number of ketones is 1. The highest BCUT2D eigenvalue weighted by molar-refractivity contribution is 6.33. The van der Waals surface area contributed by atoms with Crippen LogP contribution in [0.1, 0.15) is 48.2 Å². The Balaban J connectivity index is 1.27. The van der Waals surface area contributed by atoms with Gasteiger partial charge in [-0.15, -0.1) is 0 Å². The molecule has 3 aromatic heterocycles. The fourth-order valence-corrected chi connectivity index (χ4v) is 5.76. The predicted octanol–water partition coefficient (Wildman–Crippen LogP) is 6.51. The Bertz CT molecular complexity index is 1850. The maximum Gasteiger partial charge on any atom is 0.259 e. The number of piperidine rings is 1. The summed E-state index contributed by atoms with van der Waals surface area (Å²) in [5, 5.41) is 7.82. The molecule has 0 unspecified atom stereocenters. The second kappa shape index (κ2) is 11.8. The zero-order chi connectivity index (χ0) is 29.2. The molecular formula is C33H31ClN6O2. The number of nitrogens with zero attached hydrogens (tertiary/aromatic N) is 4. The summed E-state index contributed by atoms with van der Waals surface area (Å²) in [5.74, 6) is 0.983. The monoisotopic (exact) mass is 578 g/mol. The molecule has 2 N–H and O–H groups in total. The maximum absolute atomic E-state index is 13.5. The molecule has 1 saturated heterocycles. The molecule has 9 heteroatoms. The Morgan fingerprint density at radius 3 is 2.50 bits per heavy atom. The smallest absolute Gasteiger partial charge is 0.259 e. The van der Waals surface area contributed by atoms with Gasteiger partial charge in [-0.3, -0.25) is 19.1 Å². The van der Waals surface area contributed by atoms with Crippen LogP contribution in [0.2, 0.25) is 5.02 Å². The van der Waals surface area contributed by atoms with Crippen molar-refractivity contribution >= 4 is 40.1 Å². The first-order chi connectivity index (χ1) is 20.4. The number of Topliss-reactive ketones (excluding diaryl/α,β-unsaturated/α-hetero) is 1. The van der Waals surface area contributed by atoms with Crippen molar-refractivity contribution in [2.45, 2.75) is 32.1 Å². The number of pyridine rings is 2. The number of benzene rings is 2. The Morgan fingerprint density at radius 2 is 1.76 bits per heavy atom. The van der Waals surface area contributed by atoms with Crippen molar-refractivity contribution < 1.29 is 4.79 Å². The Hall–Kier alpha value is -4.40. The van der Waals surface area contributed by atoms with Crippen molar-refractivity contribution in [2.75, 3.05) is 18.4 Å². The van der Waals surface area contributed by atoms with Gasteiger partial charge in [-0.1, -0.05) is 42.8 Å². The third-order valence-electron chi connectivity index (χ3n) is 7.89. The molecule has 0 radical (unpaired) electrons. The predicted molar refractivity (Wildman–Crippen MR) is 168 cm³/mol. The molecule has 0 spiro atoms. The highest BCUT2D eigenvalue weighted by Crippen LogP contribution is 2.32. The molecule has 8 nitrogen and oxygen atoms in total. The van der Waals surface area contributed by atoms with E-state index in [9.17, 15) is 9.59 Å². The summed E-state index contributed by atoms with van der Waals surface area (Å²) in [4.78, 5) is 38.9. The molecule has 0 amide bonds. The van der Waals surface area contributed by atoms with E-state index in [0.717, 1.165) is 48.1 Å². The average Bonchev–Trinajstić information content (AvgIpc) is 3.03. The van der Waals surface area contributed by atoms with Crippen LogP contribution in [-0.4, -0.2) is 38.4 Å². The van der Waals surface area contributed by atoms with Crippen LogP contribution in [0, 0.1) is 0 Å². The van der Waals surface area contributed by atoms with Crippen molar-refractivity contribution in [3.63, 3.8) is 0 Å². The van der Waals surface area contributed by atoms with E-state index in [0.29, 0.717) is 45.8 Å². The van der Waals surface area contributed by atoms with Gasteiger partial charge in [0.15, 0.2) is 5.78 Å². The fraction of sp³-hybridized carbons (Fsp3) is 0.242. The topological polar surface area (TPSA) is 102 Å². The van der Waals surface area contributed by atoms with Crippen LogP contribution in [-0.2, 0) is 7.05 Å². The second-order valence-electron chi connectivity index (χ2n) is 10.6. The van der Waals surface area contributed by atoms with Crippen LogP contribution in [0.3, 0.4) is 0 Å². The van der Waals surface area contributed by atoms with Crippen LogP contribution >= 0.6 is 11.6 Å². The van der Waals surface area contributed by atoms with Crippen LogP contribution in [0.4, 0.5) is 11.6 Å². The summed E-state index contributed by atoms with van der Waals surface area (Å²) in [6.45, 7) is 3.92. The number of nitrogens with one attached hydrogen (secondary N) is 2. The molecule has 5 aromatic rings. The lowest BCUT2D eigenvalue weighted by atomic mass is 9.90. The third-order valence-corrected chi connectivity index (χ3v) is 8.20. The summed E-state index contributed by atoms with van der Waals surface area (Å²) in [7, 11) is 1.70. The van der Waals surface area contributed by atoms with Gasteiger partial charge in [-0.2, -0.15) is 4.98 Å². The number of hydrogen-bond acceptors (Lipinski definition) is 7. The van der Waals surface area contributed by atoms with E-state index >= 15 is 0 Å². The van der Waals surface area contributed by atoms with Gasteiger partial charge in [0.25, 0.3) is 5.56 Å². The van der Waals surface area contributed by atoms with Crippen molar-refractivity contribution in [3.05, 3.63) is 99.7 Å². The SMILES string of the molecule is CCC(=O)c1cc(-c2ccc(-c3cc4cnc(Nc5ccc(C6CCNCC6)cc5)nc4n(C)c3=O)c(Cl)c2)ccn1. The van der Waals surface area contributed by atoms with Crippen molar-refractivity contribution in [3.8, 4) is 22.3 Å². The average molecular weight is 579 g/mol. The van der Waals surface area contributed by atoms with Crippen LogP contribution in [0.5, 0.6) is 0 Å². The molecule has 6 rings (SSSR count). The van der Waals surface area contributed by atoms with Gasteiger partial charge in [-0.05, 0) is 84.9 Å². The minimum Gasteiger partial charge on any atom is -0.324 e. The van der Waals surface area contributed by atoms with E-state index in [-0.39, 0.29) is 11.3 Å². The largest absolute Gasteiger partial charge is 0.324 e. The van der Waals surface area contributed by atoms with Gasteiger partial charge in [0.05, 0.1) is 0 Å². The molecule has 1 fully saturated rings. The number of fused-ring (bicyclic) bond motifs is 1. The minimum atomic E-state index is -0.215. The van der Waals surface area contributed by atoms with Crippen molar-refractivity contribution in [2.24, 2.45) is 7.05 Å². The standard InChI is InChI=1S/C33H31ClN6O2/c1-3-30(41)29-18-23(12-15-36-29)22-6-9-26(28(34)17-22)27-16-24-19-37-33(39-31(24)40(2)32(27)42)38-25-7-4-20(5-8-25)21-10-13-35-14-11-21/h4-9,12,15-19,21,35H,3,10-11,13-14H2,1-2H3,(H,37,38,39). The molecule has 4 heterocycles. The number of carbonyl (C=O) groups is 1. The number of aryl methyl sites for hydroxylation is 1. The summed E-state index contributed by atoms with van der Waals surface area (Å²) in [6, 6.07) is 19.3. The van der Waals surface area contributed by atoms with Crippen LogP contribution in [0.15, 0.2) is 77.9 Å². The molecule has 2 aromatic carbocycles. The summed E-state index contributed by atoms with van der Waals surface area (Å²) >= 11 is 6.72. The van der Waals surface area contributed by atoms with Gasteiger partial charge < -0.3 is 10.6 Å². The van der Waals surface area contributed by atoms with E-state index in [1.807, 2.05) is 37.3 Å². The maximum atomic E-state index is 13.5. The number of aromatic nitrogens is 4. The fourth-order valence-electron chi connectivity index (χ4n) is 5.48. The first-order valence-corrected chi connectivity index (χ1v) is 14.5. The van der Waals surface area contributed by atoms with Crippen LogP contribution < -0.4 is 16.2 Å². The number of halogens is 1. The van der Waals surface area contributed by atoms with Crippen molar-refractivity contribution in [1.82, 2.24) is 24.8 Å². The lowest BCUT2D eigenvalue weighted by Gasteiger charge is -2.23. The van der Waals surface area contributed by atoms with Crippen molar-refractivity contribution in [1.29, 1.82) is 0 Å². The quantitative estimate of drug-likeness (QED) is 0.212. The molecular weight excluding hydrogens is 548 g/mol. The lowest BCUT2D eigenvalue weighted by Crippen LogP contribution is -2.26. The molecule has 0 bridgehead atoms. The highest BCUT2D eigenvalue weighted by atomic mass is 35.5. The summed E-state index contributed by atoms with van der Waals surface area (Å²) in [6.07, 6.45) is 6.01. The molecule has 212 valence electrons. The Labute approximate surface area is 248 Å². The summed E-state index contributed by atoms with van der Waals surface area (Å²) < 4.78 is 1.52. The van der Waals surface area contributed by atoms with Crippen LogP contribution in [0.25, 0.3) is 33.3 Å². The Kier molecular flexibility index (Phi) is 7.82. The van der Waals surface area contributed by atoms with E-state index in [4.69, 9.17) is 11.6 Å². The van der Waals surface area contributed by atoms with Gasteiger partial charge >= 0.3 is 0 Å². The van der Waals surface area contributed by atoms with Gasteiger partial charge in [0.1, 0.15) is 11.3 Å². The minimum absolute atomic E-state index is 0.0228. The zero-order valence-corrected chi connectivity index (χ0v) is 24.3.